The molecule has 1 aliphatic rings. The predicted molar refractivity (Wildman–Crippen MR) is 53.0 cm³/mol. The summed E-state index contributed by atoms with van der Waals surface area (Å²) in [6.07, 6.45) is -0.771. The molecule has 90 valence electrons. The Balaban J connectivity index is 2.36. The van der Waals surface area contributed by atoms with Crippen molar-refractivity contribution in [2.45, 2.75) is 13.0 Å². The van der Waals surface area contributed by atoms with E-state index in [1.807, 2.05) is 0 Å². The molecule has 0 aromatic heterocycles. The van der Waals surface area contributed by atoms with E-state index in [0.717, 1.165) is 17.0 Å². The fourth-order valence-corrected chi connectivity index (χ4v) is 1.73. The van der Waals surface area contributed by atoms with Gasteiger partial charge in [-0.2, -0.15) is 0 Å². The number of ether oxygens (including phenoxy) is 1. The van der Waals surface area contributed by atoms with Gasteiger partial charge < -0.3 is 4.74 Å². The van der Waals surface area contributed by atoms with E-state index in [1.165, 1.54) is 13.0 Å². The first-order chi connectivity index (χ1) is 8.00. The lowest BCUT2D eigenvalue weighted by Gasteiger charge is -2.17. The molecular weight excluding hydrogens is 232 g/mol. The molecule has 17 heavy (non-hydrogen) atoms. The molecule has 1 atom stereocenters. The predicted octanol–water partition coefficient (Wildman–Crippen LogP) is 2.00. The monoisotopic (exact) mass is 241 g/mol. The second kappa shape index (κ2) is 4.12. The minimum Gasteiger partial charge on any atom is -0.446 e. The molecule has 0 saturated carbocycles. The highest BCUT2D eigenvalue weighted by Gasteiger charge is 2.37. The number of halogens is 2. The van der Waals surface area contributed by atoms with Crippen molar-refractivity contribution < 1.29 is 23.1 Å². The molecule has 0 N–H and O–H groups in total. The van der Waals surface area contributed by atoms with E-state index in [1.54, 1.807) is 0 Å². The van der Waals surface area contributed by atoms with Crippen LogP contribution >= 0.6 is 0 Å². The molecule has 6 heteroatoms. The fraction of sp³-hybridized carbons (Fsp3) is 0.273. The van der Waals surface area contributed by atoms with Gasteiger partial charge in [0.1, 0.15) is 12.6 Å². The van der Waals surface area contributed by atoms with E-state index in [2.05, 4.69) is 0 Å². The third-order valence-electron chi connectivity index (χ3n) is 2.54. The summed E-state index contributed by atoms with van der Waals surface area (Å²) in [5, 5.41) is 0. The highest BCUT2D eigenvalue weighted by molar-refractivity contribution is 5.92. The number of carbonyl (C=O) groups excluding carboxylic acids is 2. The normalized spacial score (nSPS) is 19.4. The lowest BCUT2D eigenvalue weighted by Crippen LogP contribution is -2.32. The van der Waals surface area contributed by atoms with E-state index < -0.39 is 29.7 Å². The van der Waals surface area contributed by atoms with Crippen LogP contribution in [0.25, 0.3) is 0 Å². The van der Waals surface area contributed by atoms with Gasteiger partial charge in [-0.25, -0.2) is 18.5 Å². The van der Waals surface area contributed by atoms with Gasteiger partial charge in [-0.15, -0.1) is 0 Å². The average molecular weight is 241 g/mol. The van der Waals surface area contributed by atoms with Crippen LogP contribution in [0.4, 0.5) is 13.6 Å². The van der Waals surface area contributed by atoms with Gasteiger partial charge in [-0.1, -0.05) is 6.07 Å². The Bertz CT molecular complexity index is 490. The topological polar surface area (TPSA) is 46.6 Å². The maximum absolute atomic E-state index is 13.1. The molecule has 0 radical (unpaired) electrons. The van der Waals surface area contributed by atoms with Gasteiger partial charge in [0.05, 0.1) is 0 Å². The molecule has 0 bridgehead atoms. The van der Waals surface area contributed by atoms with Crippen molar-refractivity contribution in [3.05, 3.63) is 35.4 Å². The van der Waals surface area contributed by atoms with Crippen molar-refractivity contribution >= 4 is 12.0 Å². The molecule has 1 saturated heterocycles. The maximum atomic E-state index is 13.1. The smallest absolute Gasteiger partial charge is 0.417 e. The second-order valence-corrected chi connectivity index (χ2v) is 3.66. The standard InChI is InChI=1S/C11H9F2NO3/c1-6(15)14-10(5-17-11(14)16)7-2-3-8(12)9(13)4-7/h2-4,10H,5H2,1H3. The fourth-order valence-electron chi connectivity index (χ4n) is 1.73. The molecule has 1 heterocycles. The van der Waals surface area contributed by atoms with Crippen molar-refractivity contribution in [3.63, 3.8) is 0 Å². The van der Waals surface area contributed by atoms with Crippen LogP contribution in [-0.2, 0) is 9.53 Å². The van der Waals surface area contributed by atoms with E-state index >= 15 is 0 Å². The summed E-state index contributed by atoms with van der Waals surface area (Å²) in [6, 6.07) is 2.53. The summed E-state index contributed by atoms with van der Waals surface area (Å²) < 4.78 is 30.5. The molecular formula is C11H9F2NO3. The summed E-state index contributed by atoms with van der Waals surface area (Å²) in [5.74, 6) is -2.50. The Kier molecular flexibility index (Phi) is 2.79. The molecule has 4 nitrogen and oxygen atoms in total. The van der Waals surface area contributed by atoms with Crippen LogP contribution in [0.15, 0.2) is 18.2 Å². The molecule has 1 unspecified atom stereocenters. The van der Waals surface area contributed by atoms with Crippen LogP contribution in [0.5, 0.6) is 0 Å². The van der Waals surface area contributed by atoms with Crippen molar-refractivity contribution in [2.24, 2.45) is 0 Å². The number of carbonyl (C=O) groups is 2. The van der Waals surface area contributed by atoms with Gasteiger partial charge in [-0.05, 0) is 17.7 Å². The highest BCUT2D eigenvalue weighted by Crippen LogP contribution is 2.28. The number of imide groups is 1. The van der Waals surface area contributed by atoms with Crippen molar-refractivity contribution in [1.29, 1.82) is 0 Å². The summed E-state index contributed by atoms with van der Waals surface area (Å²) >= 11 is 0. The molecule has 2 amide bonds. The Morgan fingerprint density at radius 2 is 2.12 bits per heavy atom. The molecule has 1 aliphatic heterocycles. The van der Waals surface area contributed by atoms with Crippen LogP contribution in [0.1, 0.15) is 18.5 Å². The third-order valence-corrected chi connectivity index (χ3v) is 2.54. The quantitative estimate of drug-likeness (QED) is 0.755. The zero-order valence-electron chi connectivity index (χ0n) is 8.94. The first-order valence-electron chi connectivity index (χ1n) is 4.92. The van der Waals surface area contributed by atoms with Crippen LogP contribution < -0.4 is 0 Å². The first-order valence-corrected chi connectivity index (χ1v) is 4.92. The Labute approximate surface area is 95.8 Å². The van der Waals surface area contributed by atoms with Crippen LogP contribution in [0, 0.1) is 11.6 Å². The molecule has 1 aromatic rings. The van der Waals surface area contributed by atoms with Gasteiger partial charge in [0.15, 0.2) is 11.6 Å². The van der Waals surface area contributed by atoms with Gasteiger partial charge in [0.2, 0.25) is 5.91 Å². The van der Waals surface area contributed by atoms with Gasteiger partial charge in [0.25, 0.3) is 0 Å². The number of amides is 2. The molecule has 0 aliphatic carbocycles. The lowest BCUT2D eigenvalue weighted by molar-refractivity contribution is -0.126. The van der Waals surface area contributed by atoms with E-state index in [4.69, 9.17) is 4.74 Å². The molecule has 0 spiro atoms. The van der Waals surface area contributed by atoms with Crippen molar-refractivity contribution in [3.8, 4) is 0 Å². The summed E-state index contributed by atoms with van der Waals surface area (Å²) in [6.45, 7) is 1.16. The number of cyclic esters (lactones) is 1. The molecule has 2 rings (SSSR count). The van der Waals surface area contributed by atoms with E-state index in [9.17, 15) is 18.4 Å². The number of hydrogen-bond acceptors (Lipinski definition) is 3. The Hall–Kier alpha value is -1.98. The minimum absolute atomic E-state index is 0.0521. The average Bonchev–Trinajstić information content (AvgIpc) is 2.64. The largest absolute Gasteiger partial charge is 0.446 e. The van der Waals surface area contributed by atoms with Gasteiger partial charge in [-0.3, -0.25) is 4.79 Å². The second-order valence-electron chi connectivity index (χ2n) is 3.66. The Morgan fingerprint density at radius 3 is 2.71 bits per heavy atom. The molecule has 1 aromatic carbocycles. The highest BCUT2D eigenvalue weighted by atomic mass is 19.2. The van der Waals surface area contributed by atoms with E-state index in [-0.39, 0.29) is 6.61 Å². The van der Waals surface area contributed by atoms with E-state index in [0.29, 0.717) is 5.56 Å². The number of nitrogens with zero attached hydrogens (tertiary/aromatic N) is 1. The lowest BCUT2D eigenvalue weighted by atomic mass is 10.1. The molecule has 1 fully saturated rings. The number of benzene rings is 1. The summed E-state index contributed by atoms with van der Waals surface area (Å²) in [4.78, 5) is 23.4. The first kappa shape index (κ1) is 11.5. The summed E-state index contributed by atoms with van der Waals surface area (Å²) in [5.41, 5.74) is 0.324. The zero-order chi connectivity index (χ0) is 12.6. The van der Waals surface area contributed by atoms with Gasteiger partial charge in [0, 0.05) is 6.92 Å². The minimum atomic E-state index is -1.02. The van der Waals surface area contributed by atoms with Crippen molar-refractivity contribution in [2.75, 3.05) is 6.61 Å². The summed E-state index contributed by atoms with van der Waals surface area (Å²) in [7, 11) is 0. The van der Waals surface area contributed by atoms with Crippen LogP contribution in [0.2, 0.25) is 0 Å². The Morgan fingerprint density at radius 1 is 1.41 bits per heavy atom. The SMILES string of the molecule is CC(=O)N1C(=O)OCC1c1ccc(F)c(F)c1. The zero-order valence-corrected chi connectivity index (χ0v) is 8.94. The van der Waals surface area contributed by atoms with Crippen LogP contribution in [-0.4, -0.2) is 23.5 Å². The van der Waals surface area contributed by atoms with Gasteiger partial charge >= 0.3 is 6.09 Å². The number of rotatable bonds is 1. The van der Waals surface area contributed by atoms with Crippen molar-refractivity contribution in [1.82, 2.24) is 4.90 Å². The number of hydrogen-bond donors (Lipinski definition) is 0. The third kappa shape index (κ3) is 1.98. The maximum Gasteiger partial charge on any atom is 0.417 e. The van der Waals surface area contributed by atoms with Crippen LogP contribution in [0.3, 0.4) is 0 Å².